The van der Waals surface area contributed by atoms with Crippen molar-refractivity contribution in [2.75, 3.05) is 0 Å². The fourth-order valence-electron chi connectivity index (χ4n) is 2.03. The number of nitrogens with one attached hydrogen (secondary N) is 1. The number of thiophene rings is 1. The minimum Gasteiger partial charge on any atom is -0.441 e. The molecule has 20 heavy (non-hydrogen) atoms. The van der Waals surface area contributed by atoms with Gasteiger partial charge in [-0.25, -0.2) is 4.98 Å². The standard InChI is InChI=1S/C15H14N2O2S/c1-10-17-13-7-11(4-5-14(13)19-10)9-16-15(18)8-12-3-2-6-20-12/h2-7H,8-9H2,1H3,(H,16,18). The Morgan fingerprint density at radius 2 is 2.30 bits per heavy atom. The zero-order valence-corrected chi connectivity index (χ0v) is 11.9. The molecule has 0 atom stereocenters. The monoisotopic (exact) mass is 286 g/mol. The summed E-state index contributed by atoms with van der Waals surface area (Å²) in [5.74, 6) is 0.683. The van der Waals surface area contributed by atoms with Crippen molar-refractivity contribution in [3.05, 3.63) is 52.0 Å². The molecule has 1 N–H and O–H groups in total. The van der Waals surface area contributed by atoms with Crippen LogP contribution < -0.4 is 5.32 Å². The molecule has 102 valence electrons. The summed E-state index contributed by atoms with van der Waals surface area (Å²) in [7, 11) is 0. The van der Waals surface area contributed by atoms with Gasteiger partial charge in [-0.3, -0.25) is 4.79 Å². The first-order chi connectivity index (χ1) is 9.70. The van der Waals surface area contributed by atoms with Crippen molar-refractivity contribution < 1.29 is 9.21 Å². The highest BCUT2D eigenvalue weighted by Gasteiger charge is 2.06. The molecular weight excluding hydrogens is 272 g/mol. The minimum absolute atomic E-state index is 0.0314. The molecular formula is C15H14N2O2S. The number of aryl methyl sites for hydroxylation is 1. The van der Waals surface area contributed by atoms with Crippen molar-refractivity contribution in [3.8, 4) is 0 Å². The third-order valence-electron chi connectivity index (χ3n) is 2.96. The Labute approximate surface area is 120 Å². The lowest BCUT2D eigenvalue weighted by Crippen LogP contribution is -2.24. The van der Waals surface area contributed by atoms with Crippen LogP contribution in [0.2, 0.25) is 0 Å². The van der Waals surface area contributed by atoms with Crippen LogP contribution in [0, 0.1) is 6.92 Å². The first-order valence-corrected chi connectivity index (χ1v) is 7.24. The van der Waals surface area contributed by atoms with Crippen LogP contribution in [0.3, 0.4) is 0 Å². The van der Waals surface area contributed by atoms with Gasteiger partial charge in [-0.05, 0) is 29.1 Å². The molecule has 0 aliphatic rings. The topological polar surface area (TPSA) is 55.1 Å². The lowest BCUT2D eigenvalue weighted by Gasteiger charge is -2.04. The Morgan fingerprint density at radius 1 is 1.40 bits per heavy atom. The van der Waals surface area contributed by atoms with Crippen molar-refractivity contribution >= 4 is 28.3 Å². The van der Waals surface area contributed by atoms with E-state index in [-0.39, 0.29) is 5.91 Å². The largest absolute Gasteiger partial charge is 0.441 e. The van der Waals surface area contributed by atoms with E-state index >= 15 is 0 Å². The molecule has 4 nitrogen and oxygen atoms in total. The Bertz CT molecular complexity index is 732. The van der Waals surface area contributed by atoms with Crippen LogP contribution in [0.1, 0.15) is 16.3 Å². The van der Waals surface area contributed by atoms with Crippen molar-refractivity contribution in [2.24, 2.45) is 0 Å². The zero-order valence-electron chi connectivity index (χ0n) is 11.1. The summed E-state index contributed by atoms with van der Waals surface area (Å²) in [5.41, 5.74) is 2.62. The quantitative estimate of drug-likeness (QED) is 0.802. The van der Waals surface area contributed by atoms with E-state index in [9.17, 15) is 4.79 Å². The smallest absolute Gasteiger partial charge is 0.225 e. The van der Waals surface area contributed by atoms with E-state index in [1.54, 1.807) is 11.3 Å². The maximum Gasteiger partial charge on any atom is 0.225 e. The molecule has 0 bridgehead atoms. The number of rotatable bonds is 4. The summed E-state index contributed by atoms with van der Waals surface area (Å²) in [6.07, 6.45) is 0.434. The third kappa shape index (κ3) is 2.88. The number of benzene rings is 1. The van der Waals surface area contributed by atoms with Crippen LogP contribution in [0.4, 0.5) is 0 Å². The van der Waals surface area contributed by atoms with Gasteiger partial charge in [-0.1, -0.05) is 12.1 Å². The van der Waals surface area contributed by atoms with Gasteiger partial charge in [0.25, 0.3) is 0 Å². The Morgan fingerprint density at radius 3 is 3.10 bits per heavy atom. The number of oxazole rings is 1. The van der Waals surface area contributed by atoms with Crippen molar-refractivity contribution in [3.63, 3.8) is 0 Å². The number of amides is 1. The predicted molar refractivity (Wildman–Crippen MR) is 78.6 cm³/mol. The normalized spacial score (nSPS) is 10.8. The number of nitrogens with zero attached hydrogens (tertiary/aromatic N) is 1. The average Bonchev–Trinajstić information content (AvgIpc) is 3.04. The van der Waals surface area contributed by atoms with Crippen LogP contribution in [0.15, 0.2) is 40.1 Å². The number of hydrogen-bond acceptors (Lipinski definition) is 4. The van der Waals surface area contributed by atoms with Gasteiger partial charge >= 0.3 is 0 Å². The van der Waals surface area contributed by atoms with E-state index in [4.69, 9.17) is 4.42 Å². The Kier molecular flexibility index (Phi) is 3.52. The van der Waals surface area contributed by atoms with E-state index in [1.807, 2.05) is 42.6 Å². The molecule has 2 heterocycles. The van der Waals surface area contributed by atoms with E-state index in [0.29, 0.717) is 18.9 Å². The molecule has 0 fully saturated rings. The van der Waals surface area contributed by atoms with Crippen LogP contribution >= 0.6 is 11.3 Å². The van der Waals surface area contributed by atoms with Crippen LogP contribution in [0.25, 0.3) is 11.1 Å². The summed E-state index contributed by atoms with van der Waals surface area (Å²) >= 11 is 1.59. The lowest BCUT2D eigenvalue weighted by atomic mass is 10.2. The number of hydrogen-bond donors (Lipinski definition) is 1. The second-order valence-electron chi connectivity index (χ2n) is 4.57. The maximum atomic E-state index is 11.8. The molecule has 2 aromatic heterocycles. The maximum absolute atomic E-state index is 11.8. The van der Waals surface area contributed by atoms with Crippen LogP contribution in [0.5, 0.6) is 0 Å². The van der Waals surface area contributed by atoms with Crippen molar-refractivity contribution in [1.82, 2.24) is 10.3 Å². The van der Waals surface area contributed by atoms with Gasteiger partial charge in [0.1, 0.15) is 5.52 Å². The third-order valence-corrected chi connectivity index (χ3v) is 3.84. The SMILES string of the molecule is Cc1nc2cc(CNC(=O)Cc3cccs3)ccc2o1. The van der Waals surface area contributed by atoms with Gasteiger partial charge in [0.05, 0.1) is 6.42 Å². The predicted octanol–water partition coefficient (Wildman–Crippen LogP) is 3.06. The summed E-state index contributed by atoms with van der Waals surface area (Å²) in [6.45, 7) is 2.33. The van der Waals surface area contributed by atoms with E-state index in [1.165, 1.54) is 0 Å². The fourth-order valence-corrected chi connectivity index (χ4v) is 2.74. The van der Waals surface area contributed by atoms with Gasteiger partial charge in [-0.2, -0.15) is 0 Å². The van der Waals surface area contributed by atoms with Gasteiger partial charge in [-0.15, -0.1) is 11.3 Å². The van der Waals surface area contributed by atoms with Crippen molar-refractivity contribution in [1.29, 1.82) is 0 Å². The molecule has 0 saturated heterocycles. The van der Waals surface area contributed by atoms with Crippen LogP contribution in [-0.4, -0.2) is 10.9 Å². The van der Waals surface area contributed by atoms with Gasteiger partial charge in [0.15, 0.2) is 11.5 Å². The van der Waals surface area contributed by atoms with E-state index in [0.717, 1.165) is 21.5 Å². The second-order valence-corrected chi connectivity index (χ2v) is 5.60. The average molecular weight is 286 g/mol. The van der Waals surface area contributed by atoms with Gasteiger partial charge in [0, 0.05) is 18.3 Å². The molecule has 0 aliphatic heterocycles. The highest BCUT2D eigenvalue weighted by molar-refractivity contribution is 7.10. The lowest BCUT2D eigenvalue weighted by molar-refractivity contribution is -0.120. The molecule has 3 aromatic rings. The molecule has 0 aliphatic carbocycles. The zero-order chi connectivity index (χ0) is 13.9. The molecule has 3 rings (SSSR count). The minimum atomic E-state index is 0.0314. The number of carbonyl (C=O) groups is 1. The van der Waals surface area contributed by atoms with E-state index < -0.39 is 0 Å². The molecule has 5 heteroatoms. The van der Waals surface area contributed by atoms with Crippen LogP contribution in [-0.2, 0) is 17.8 Å². The molecule has 1 aromatic carbocycles. The second kappa shape index (κ2) is 5.46. The Hall–Kier alpha value is -2.14. The molecule has 1 amide bonds. The first-order valence-electron chi connectivity index (χ1n) is 6.36. The van der Waals surface area contributed by atoms with Crippen molar-refractivity contribution in [2.45, 2.75) is 19.9 Å². The molecule has 0 spiro atoms. The number of carbonyl (C=O) groups excluding carboxylic acids is 1. The number of fused-ring (bicyclic) bond motifs is 1. The first kappa shape index (κ1) is 12.9. The molecule has 0 radical (unpaired) electrons. The molecule has 0 unspecified atom stereocenters. The molecule has 0 saturated carbocycles. The fraction of sp³-hybridized carbons (Fsp3) is 0.200. The number of aromatic nitrogens is 1. The summed E-state index contributed by atoms with van der Waals surface area (Å²) in [4.78, 5) is 17.2. The summed E-state index contributed by atoms with van der Waals surface area (Å²) < 4.78 is 5.42. The summed E-state index contributed by atoms with van der Waals surface area (Å²) in [6, 6.07) is 9.69. The highest BCUT2D eigenvalue weighted by atomic mass is 32.1. The summed E-state index contributed by atoms with van der Waals surface area (Å²) in [5, 5.41) is 4.89. The highest BCUT2D eigenvalue weighted by Crippen LogP contribution is 2.16. The van der Waals surface area contributed by atoms with Gasteiger partial charge in [0.2, 0.25) is 5.91 Å². The van der Waals surface area contributed by atoms with Gasteiger partial charge < -0.3 is 9.73 Å². The Balaban J connectivity index is 1.63. The van der Waals surface area contributed by atoms with E-state index in [2.05, 4.69) is 10.3 Å².